The van der Waals surface area contributed by atoms with E-state index in [1.54, 1.807) is 12.5 Å². The molecule has 0 unspecified atom stereocenters. The van der Waals surface area contributed by atoms with Crippen LogP contribution >= 0.6 is 0 Å². The maximum absolute atomic E-state index is 5.33. The highest BCUT2D eigenvalue weighted by molar-refractivity contribution is 5.88. The van der Waals surface area contributed by atoms with Crippen molar-refractivity contribution in [3.05, 3.63) is 24.6 Å². The Balaban J connectivity index is 2.29. The standard InChI is InChI=1S/C11H15N3O/c1-12-6-7-14(2)11-9-4-8-15-10(9)3-5-13-11/h3-5,8,12H,6-7H2,1-2H3. The molecule has 0 amide bonds. The average Bonchev–Trinajstić information content (AvgIpc) is 2.73. The number of furan rings is 1. The molecule has 0 aliphatic rings. The van der Waals surface area contributed by atoms with E-state index in [1.165, 1.54) is 0 Å². The number of fused-ring (bicyclic) bond motifs is 1. The molecule has 0 saturated heterocycles. The Labute approximate surface area is 88.9 Å². The van der Waals surface area contributed by atoms with Crippen molar-refractivity contribution in [2.45, 2.75) is 0 Å². The molecule has 0 fully saturated rings. The highest BCUT2D eigenvalue weighted by Crippen LogP contribution is 2.23. The predicted octanol–water partition coefficient (Wildman–Crippen LogP) is 1.48. The van der Waals surface area contributed by atoms with Crippen molar-refractivity contribution in [1.29, 1.82) is 0 Å². The molecule has 1 N–H and O–H groups in total. The predicted molar refractivity (Wildman–Crippen MR) is 61.2 cm³/mol. The van der Waals surface area contributed by atoms with Gasteiger partial charge in [0.2, 0.25) is 0 Å². The Morgan fingerprint density at radius 3 is 3.13 bits per heavy atom. The highest BCUT2D eigenvalue weighted by Gasteiger charge is 2.08. The Hall–Kier alpha value is -1.55. The van der Waals surface area contributed by atoms with E-state index in [0.29, 0.717) is 0 Å². The van der Waals surface area contributed by atoms with Crippen molar-refractivity contribution >= 4 is 16.8 Å². The summed E-state index contributed by atoms with van der Waals surface area (Å²) in [6.45, 7) is 1.86. The van der Waals surface area contributed by atoms with E-state index in [1.807, 2.05) is 26.2 Å². The van der Waals surface area contributed by atoms with E-state index in [2.05, 4.69) is 15.2 Å². The van der Waals surface area contributed by atoms with Crippen molar-refractivity contribution in [3.8, 4) is 0 Å². The van der Waals surface area contributed by atoms with Crippen LogP contribution in [0.5, 0.6) is 0 Å². The van der Waals surface area contributed by atoms with Crippen molar-refractivity contribution in [2.24, 2.45) is 0 Å². The Bertz CT molecular complexity index is 438. The Morgan fingerprint density at radius 1 is 1.47 bits per heavy atom. The fraction of sp³-hybridized carbons (Fsp3) is 0.364. The van der Waals surface area contributed by atoms with Crippen LogP contribution in [0.1, 0.15) is 0 Å². The van der Waals surface area contributed by atoms with Gasteiger partial charge in [0.25, 0.3) is 0 Å². The zero-order valence-corrected chi connectivity index (χ0v) is 9.03. The van der Waals surface area contributed by atoms with E-state index >= 15 is 0 Å². The van der Waals surface area contributed by atoms with E-state index in [9.17, 15) is 0 Å². The third-order valence-electron chi connectivity index (χ3n) is 2.42. The van der Waals surface area contributed by atoms with Gasteiger partial charge < -0.3 is 14.6 Å². The molecule has 15 heavy (non-hydrogen) atoms. The van der Waals surface area contributed by atoms with Gasteiger partial charge in [0.15, 0.2) is 0 Å². The fourth-order valence-electron chi connectivity index (χ4n) is 1.57. The maximum atomic E-state index is 5.33. The third kappa shape index (κ3) is 1.94. The van der Waals surface area contributed by atoms with Crippen molar-refractivity contribution in [1.82, 2.24) is 10.3 Å². The molecule has 0 aromatic carbocycles. The SMILES string of the molecule is CNCCN(C)c1nccc2occc12. The van der Waals surface area contributed by atoms with Crippen LogP contribution in [-0.2, 0) is 0 Å². The van der Waals surface area contributed by atoms with Gasteiger partial charge >= 0.3 is 0 Å². The van der Waals surface area contributed by atoms with Crippen LogP contribution in [0.4, 0.5) is 5.82 Å². The lowest BCUT2D eigenvalue weighted by molar-refractivity contribution is 0.615. The average molecular weight is 205 g/mol. The molecule has 0 spiro atoms. The lowest BCUT2D eigenvalue weighted by Crippen LogP contribution is -2.27. The summed E-state index contributed by atoms with van der Waals surface area (Å²) in [7, 11) is 3.98. The number of pyridine rings is 1. The van der Waals surface area contributed by atoms with Gasteiger partial charge in [-0.3, -0.25) is 0 Å². The van der Waals surface area contributed by atoms with Gasteiger partial charge in [-0.2, -0.15) is 0 Å². The number of rotatable bonds is 4. The quantitative estimate of drug-likeness (QED) is 0.821. The fourth-order valence-corrected chi connectivity index (χ4v) is 1.57. The molecule has 0 aliphatic carbocycles. The van der Waals surface area contributed by atoms with Crippen LogP contribution in [-0.4, -0.2) is 32.2 Å². The topological polar surface area (TPSA) is 41.3 Å². The number of nitrogens with zero attached hydrogens (tertiary/aromatic N) is 2. The summed E-state index contributed by atoms with van der Waals surface area (Å²) in [5, 5.41) is 4.18. The molecule has 0 saturated carbocycles. The minimum atomic E-state index is 0.885. The minimum Gasteiger partial charge on any atom is -0.464 e. The zero-order chi connectivity index (χ0) is 10.7. The molecule has 0 aliphatic heterocycles. The minimum absolute atomic E-state index is 0.885. The van der Waals surface area contributed by atoms with Gasteiger partial charge in [-0.1, -0.05) is 0 Å². The van der Waals surface area contributed by atoms with Gasteiger partial charge in [-0.25, -0.2) is 4.98 Å². The molecule has 2 aromatic rings. The second kappa shape index (κ2) is 4.31. The number of nitrogens with one attached hydrogen (secondary N) is 1. The summed E-state index contributed by atoms with van der Waals surface area (Å²) in [6, 6.07) is 3.83. The van der Waals surface area contributed by atoms with Crippen LogP contribution in [0.2, 0.25) is 0 Å². The zero-order valence-electron chi connectivity index (χ0n) is 9.03. The van der Waals surface area contributed by atoms with Crippen LogP contribution in [0, 0.1) is 0 Å². The third-order valence-corrected chi connectivity index (χ3v) is 2.42. The molecule has 2 rings (SSSR count). The number of hydrogen-bond donors (Lipinski definition) is 1. The van der Waals surface area contributed by atoms with Crippen molar-refractivity contribution < 1.29 is 4.42 Å². The van der Waals surface area contributed by atoms with Gasteiger partial charge in [-0.15, -0.1) is 0 Å². The first kappa shape index (κ1) is 9.98. The molecule has 0 bridgehead atoms. The van der Waals surface area contributed by atoms with Gasteiger partial charge in [0.1, 0.15) is 11.4 Å². The summed E-state index contributed by atoms with van der Waals surface area (Å²) in [5.74, 6) is 0.969. The normalized spacial score (nSPS) is 10.8. The molecular formula is C11H15N3O. The maximum Gasteiger partial charge on any atom is 0.139 e. The van der Waals surface area contributed by atoms with E-state index < -0.39 is 0 Å². The van der Waals surface area contributed by atoms with Crippen LogP contribution < -0.4 is 10.2 Å². The second-order valence-corrected chi connectivity index (χ2v) is 3.49. The molecule has 80 valence electrons. The smallest absolute Gasteiger partial charge is 0.139 e. The summed E-state index contributed by atoms with van der Waals surface area (Å²) in [5.41, 5.74) is 0.885. The first-order chi connectivity index (χ1) is 7.33. The summed E-state index contributed by atoms with van der Waals surface area (Å²) in [4.78, 5) is 6.49. The highest BCUT2D eigenvalue weighted by atomic mass is 16.3. The van der Waals surface area contributed by atoms with Crippen LogP contribution in [0.15, 0.2) is 29.0 Å². The summed E-state index contributed by atoms with van der Waals surface area (Å²) < 4.78 is 5.33. The van der Waals surface area contributed by atoms with Gasteiger partial charge in [0, 0.05) is 26.3 Å². The Kier molecular flexibility index (Phi) is 2.87. The first-order valence-corrected chi connectivity index (χ1v) is 5.01. The molecule has 2 aromatic heterocycles. The van der Waals surface area contributed by atoms with Gasteiger partial charge in [-0.05, 0) is 19.2 Å². The molecule has 4 heteroatoms. The van der Waals surface area contributed by atoms with E-state index in [-0.39, 0.29) is 0 Å². The van der Waals surface area contributed by atoms with Gasteiger partial charge in [0.05, 0.1) is 11.6 Å². The Morgan fingerprint density at radius 2 is 2.33 bits per heavy atom. The molecular weight excluding hydrogens is 190 g/mol. The molecule has 4 nitrogen and oxygen atoms in total. The lowest BCUT2D eigenvalue weighted by Gasteiger charge is -2.18. The number of likely N-dealkylation sites (N-methyl/N-ethyl adjacent to an activating group) is 2. The summed E-state index contributed by atoms with van der Waals surface area (Å²) in [6.07, 6.45) is 3.47. The first-order valence-electron chi connectivity index (χ1n) is 5.01. The number of anilines is 1. The van der Waals surface area contributed by atoms with E-state index in [0.717, 1.165) is 29.9 Å². The largest absolute Gasteiger partial charge is 0.464 e. The van der Waals surface area contributed by atoms with Crippen LogP contribution in [0.3, 0.4) is 0 Å². The number of hydrogen-bond acceptors (Lipinski definition) is 4. The van der Waals surface area contributed by atoms with Crippen molar-refractivity contribution in [3.63, 3.8) is 0 Å². The summed E-state index contributed by atoms with van der Waals surface area (Å²) >= 11 is 0. The van der Waals surface area contributed by atoms with E-state index in [4.69, 9.17) is 4.42 Å². The second-order valence-electron chi connectivity index (χ2n) is 3.49. The monoisotopic (exact) mass is 205 g/mol. The van der Waals surface area contributed by atoms with Crippen molar-refractivity contribution in [2.75, 3.05) is 32.1 Å². The lowest BCUT2D eigenvalue weighted by atomic mass is 10.3. The van der Waals surface area contributed by atoms with Crippen LogP contribution in [0.25, 0.3) is 11.0 Å². The molecule has 2 heterocycles. The molecule has 0 atom stereocenters. The molecule has 0 radical (unpaired) electrons. The number of aromatic nitrogens is 1.